The van der Waals surface area contributed by atoms with Crippen LogP contribution in [0.25, 0.3) is 0 Å². The maximum Gasteiger partial charge on any atom is 0.106 e. The number of hydrogen-bond acceptors (Lipinski definition) is 1. The summed E-state index contributed by atoms with van der Waals surface area (Å²) in [6.07, 6.45) is 1.09. The van der Waals surface area contributed by atoms with Gasteiger partial charge in [0.25, 0.3) is 0 Å². The molecule has 2 heteroatoms. The van der Waals surface area contributed by atoms with Crippen LogP contribution in [0.5, 0.6) is 0 Å². The van der Waals surface area contributed by atoms with Gasteiger partial charge in [-0.05, 0) is 33.5 Å². The normalized spacial score (nSPS) is 24.3. The molecule has 54 valence electrons. The summed E-state index contributed by atoms with van der Waals surface area (Å²) in [4.78, 5) is 3.77. The summed E-state index contributed by atoms with van der Waals surface area (Å²) >= 11 is 3.06. The van der Waals surface area contributed by atoms with E-state index in [1.807, 2.05) is 0 Å². The Morgan fingerprint density at radius 3 is 3.00 bits per heavy atom. The van der Waals surface area contributed by atoms with Crippen LogP contribution in [0.2, 0.25) is 0 Å². The van der Waals surface area contributed by atoms with E-state index < -0.39 is 19.6 Å². The lowest BCUT2D eigenvalue weighted by Crippen LogP contribution is -1.87. The zero-order chi connectivity index (χ0) is 13.5. The fourth-order valence-electron chi connectivity index (χ4n) is 0.524. The van der Waals surface area contributed by atoms with Gasteiger partial charge in [-0.1, -0.05) is 19.8 Å². The zero-order valence-corrected chi connectivity index (χ0v) is 6.64. The van der Waals surface area contributed by atoms with Crippen LogP contribution in [0.4, 0.5) is 0 Å². The molecule has 0 N–H and O–H groups in total. The highest BCUT2D eigenvalue weighted by Gasteiger charge is 1.96. The molecule has 0 atom stereocenters. The molecule has 0 bridgehead atoms. The minimum Gasteiger partial charge on any atom is -0.249 e. The molecule has 0 aliphatic carbocycles. The Bertz CT molecular complexity index is 380. The van der Waals surface area contributed by atoms with Crippen molar-refractivity contribution in [3.05, 3.63) is 28.5 Å². The third-order valence-electron chi connectivity index (χ3n) is 1.02. The second kappa shape index (κ2) is 3.15. The summed E-state index contributed by atoms with van der Waals surface area (Å²) in [6.45, 7) is -5.93. The summed E-state index contributed by atoms with van der Waals surface area (Å²) < 4.78 is 52.0. The topological polar surface area (TPSA) is 12.9 Å². The number of nitrogens with zero attached hydrogens (tertiary/aromatic N) is 1. The van der Waals surface area contributed by atoms with Gasteiger partial charge in [-0.2, -0.15) is 0 Å². The van der Waals surface area contributed by atoms with Crippen molar-refractivity contribution in [2.75, 3.05) is 0 Å². The lowest BCUT2D eigenvalue weighted by atomic mass is 10.1. The van der Waals surface area contributed by atoms with Gasteiger partial charge in [0, 0.05) is 15.8 Å². The van der Waals surface area contributed by atoms with Crippen molar-refractivity contribution in [2.24, 2.45) is 0 Å². The van der Waals surface area contributed by atoms with Gasteiger partial charge in [0.15, 0.2) is 0 Å². The van der Waals surface area contributed by atoms with Crippen molar-refractivity contribution >= 4 is 15.9 Å². The van der Waals surface area contributed by atoms with Crippen LogP contribution >= 0.6 is 15.9 Å². The molecule has 1 rings (SSSR count). The van der Waals surface area contributed by atoms with Crippen molar-refractivity contribution in [1.82, 2.24) is 4.98 Å². The highest BCUT2D eigenvalue weighted by molar-refractivity contribution is 9.10. The molecular formula is C8H10BrN. The molecule has 0 unspecified atom stereocenters. The Morgan fingerprint density at radius 1 is 1.70 bits per heavy atom. The molecule has 0 amide bonds. The number of hydrogen-bond donors (Lipinski definition) is 0. The van der Waals surface area contributed by atoms with E-state index in [1.165, 1.54) is 12.1 Å². The zero-order valence-electron chi connectivity index (χ0n) is 12.1. The number of rotatable bonds is 1. The van der Waals surface area contributed by atoms with E-state index in [1.54, 1.807) is 0 Å². The van der Waals surface area contributed by atoms with E-state index in [0.29, 0.717) is 4.60 Å². The maximum atomic E-state index is 7.85. The molecule has 0 spiro atoms. The van der Waals surface area contributed by atoms with Crippen molar-refractivity contribution in [3.8, 4) is 0 Å². The van der Waals surface area contributed by atoms with Crippen LogP contribution in [0, 0.1) is 0 Å². The van der Waals surface area contributed by atoms with Gasteiger partial charge in [0.2, 0.25) is 0 Å². The number of halogens is 1. The van der Waals surface area contributed by atoms with E-state index in [4.69, 9.17) is 9.60 Å². The molecule has 10 heavy (non-hydrogen) atoms. The van der Waals surface area contributed by atoms with Crippen LogP contribution in [0.1, 0.15) is 34.8 Å². The third kappa shape index (κ3) is 1.81. The Balaban J connectivity index is 3.41. The molecule has 0 saturated carbocycles. The SMILES string of the molecule is [2H]C([2H])([2H])C([2H])(c1ccc(Br)nc1)C([2H])([2H])[2H]. The van der Waals surface area contributed by atoms with E-state index >= 15 is 0 Å². The molecule has 1 heterocycles. The number of aromatic nitrogens is 1. The molecule has 1 nitrogen and oxygen atoms in total. The number of pyridine rings is 1. The first kappa shape index (κ1) is 2.59. The van der Waals surface area contributed by atoms with Crippen LogP contribution in [-0.4, -0.2) is 4.98 Å². The second-order valence-corrected chi connectivity index (χ2v) is 2.56. The smallest absolute Gasteiger partial charge is 0.106 e. The van der Waals surface area contributed by atoms with Crippen molar-refractivity contribution in [3.63, 3.8) is 0 Å². The van der Waals surface area contributed by atoms with E-state index in [2.05, 4.69) is 20.9 Å². The van der Waals surface area contributed by atoms with Crippen LogP contribution in [0.15, 0.2) is 22.9 Å². The average molecular weight is 207 g/mol. The Kier molecular flexibility index (Phi) is 0.817. The van der Waals surface area contributed by atoms with E-state index in [-0.39, 0.29) is 5.56 Å². The molecule has 0 fully saturated rings. The molecule has 0 aromatic carbocycles. The summed E-state index contributed by atoms with van der Waals surface area (Å²) in [5.41, 5.74) is -0.152. The van der Waals surface area contributed by atoms with E-state index in [0.717, 1.165) is 6.20 Å². The van der Waals surface area contributed by atoms with Crippen LogP contribution in [-0.2, 0) is 0 Å². The molecule has 1 aromatic rings. The van der Waals surface area contributed by atoms with Gasteiger partial charge >= 0.3 is 0 Å². The first-order valence-corrected chi connectivity index (χ1v) is 3.41. The monoisotopic (exact) mass is 206 g/mol. The van der Waals surface area contributed by atoms with Crippen molar-refractivity contribution < 1.29 is 9.60 Å². The van der Waals surface area contributed by atoms with Gasteiger partial charge in [0.05, 0.1) is 0 Å². The minimum atomic E-state index is -2.96. The van der Waals surface area contributed by atoms with Crippen molar-refractivity contribution in [2.45, 2.75) is 19.6 Å². The minimum absolute atomic E-state index is 0.152. The lowest BCUT2D eigenvalue weighted by Gasteiger charge is -2.02. The van der Waals surface area contributed by atoms with Gasteiger partial charge in [0.1, 0.15) is 4.60 Å². The summed E-state index contributed by atoms with van der Waals surface area (Å²) in [5, 5.41) is 0. The fourth-order valence-corrected chi connectivity index (χ4v) is 0.758. The second-order valence-electron chi connectivity index (χ2n) is 1.74. The largest absolute Gasteiger partial charge is 0.249 e. The average Bonchev–Trinajstić information content (AvgIpc) is 2.14. The Labute approximate surface area is 79.4 Å². The first-order chi connectivity index (χ1) is 7.50. The van der Waals surface area contributed by atoms with Gasteiger partial charge in [-0.15, -0.1) is 0 Å². The Hall–Kier alpha value is -0.370. The molecule has 0 saturated heterocycles. The summed E-state index contributed by atoms with van der Waals surface area (Å²) in [6, 6.07) is 2.69. The van der Waals surface area contributed by atoms with Gasteiger partial charge in [-0.3, -0.25) is 0 Å². The summed E-state index contributed by atoms with van der Waals surface area (Å²) in [7, 11) is 0. The third-order valence-corrected chi connectivity index (χ3v) is 1.49. The molecule has 0 radical (unpaired) electrons. The van der Waals surface area contributed by atoms with Gasteiger partial charge in [-0.25, -0.2) is 4.98 Å². The van der Waals surface area contributed by atoms with Gasteiger partial charge < -0.3 is 0 Å². The fraction of sp³-hybridized carbons (Fsp3) is 0.375. The molecule has 0 aliphatic heterocycles. The quantitative estimate of drug-likeness (QED) is 0.645. The van der Waals surface area contributed by atoms with Crippen LogP contribution in [0.3, 0.4) is 0 Å². The lowest BCUT2D eigenvalue weighted by molar-refractivity contribution is 0.856. The standard InChI is InChI=1S/C8H10BrN/c1-6(2)7-3-4-8(9)10-5-7/h3-6H,1-2H3/i1D3,2D3,6D. The molecular weight excluding hydrogens is 190 g/mol. The van der Waals surface area contributed by atoms with Crippen molar-refractivity contribution in [1.29, 1.82) is 0 Å². The van der Waals surface area contributed by atoms with E-state index in [9.17, 15) is 0 Å². The predicted molar refractivity (Wildman–Crippen MR) is 46.0 cm³/mol. The Morgan fingerprint density at radius 2 is 2.50 bits per heavy atom. The highest BCUT2D eigenvalue weighted by Crippen LogP contribution is 2.14. The first-order valence-electron chi connectivity index (χ1n) is 6.12. The van der Waals surface area contributed by atoms with Crippen LogP contribution < -0.4 is 0 Å². The summed E-state index contributed by atoms with van der Waals surface area (Å²) in [5.74, 6) is -2.67. The maximum absolute atomic E-state index is 7.85. The highest BCUT2D eigenvalue weighted by atomic mass is 79.9. The molecule has 0 aliphatic rings. The molecule has 1 aromatic heterocycles. The predicted octanol–water partition coefficient (Wildman–Crippen LogP) is 2.97.